The van der Waals surface area contributed by atoms with Crippen molar-refractivity contribution in [1.29, 1.82) is 0 Å². The Morgan fingerprint density at radius 2 is 2.18 bits per heavy atom. The summed E-state index contributed by atoms with van der Waals surface area (Å²) >= 11 is 0. The monoisotopic (exact) mass is 235 g/mol. The van der Waals surface area contributed by atoms with Gasteiger partial charge in [-0.2, -0.15) is 4.98 Å². The first kappa shape index (κ1) is 11.8. The van der Waals surface area contributed by atoms with Crippen molar-refractivity contribution in [2.75, 3.05) is 18.5 Å². The Hall–Kier alpha value is -1.69. The molecule has 2 heterocycles. The van der Waals surface area contributed by atoms with Crippen molar-refractivity contribution in [2.24, 2.45) is 0 Å². The highest BCUT2D eigenvalue weighted by Gasteiger charge is 2.11. The van der Waals surface area contributed by atoms with E-state index in [2.05, 4.69) is 34.1 Å². The van der Waals surface area contributed by atoms with Gasteiger partial charge in [-0.25, -0.2) is 9.97 Å². The maximum Gasteiger partial charge on any atom is 0.225 e. The second-order valence-corrected chi connectivity index (χ2v) is 4.20. The van der Waals surface area contributed by atoms with Gasteiger partial charge in [0.2, 0.25) is 5.95 Å². The van der Waals surface area contributed by atoms with Gasteiger partial charge in [0.1, 0.15) is 5.52 Å². The molecule has 0 aliphatic heterocycles. The van der Waals surface area contributed by atoms with E-state index in [0.29, 0.717) is 18.5 Å². The van der Waals surface area contributed by atoms with Crippen LogP contribution in [0.5, 0.6) is 0 Å². The van der Waals surface area contributed by atoms with Gasteiger partial charge in [-0.05, 0) is 20.8 Å². The number of aliphatic hydroxyl groups is 1. The van der Waals surface area contributed by atoms with E-state index in [0.717, 1.165) is 16.9 Å². The van der Waals surface area contributed by atoms with Gasteiger partial charge in [-0.3, -0.25) is 0 Å². The molecular weight excluding hydrogens is 218 g/mol. The van der Waals surface area contributed by atoms with E-state index in [4.69, 9.17) is 5.11 Å². The van der Waals surface area contributed by atoms with Crippen LogP contribution in [0.15, 0.2) is 6.33 Å². The van der Waals surface area contributed by atoms with E-state index in [-0.39, 0.29) is 6.61 Å². The number of aliphatic hydroxyl groups excluding tert-OH is 1. The van der Waals surface area contributed by atoms with Gasteiger partial charge in [0.25, 0.3) is 0 Å². The second kappa shape index (κ2) is 4.67. The van der Waals surface area contributed by atoms with Crippen LogP contribution in [0.25, 0.3) is 11.2 Å². The van der Waals surface area contributed by atoms with Gasteiger partial charge in [0.15, 0.2) is 5.65 Å². The van der Waals surface area contributed by atoms with Crippen LogP contribution >= 0.6 is 0 Å². The van der Waals surface area contributed by atoms with Crippen LogP contribution < -0.4 is 5.32 Å². The SMILES string of the molecule is Cc1nc(NCCO)nc2c1ncn2C(C)C. The molecule has 2 N–H and O–H groups in total. The molecule has 0 aliphatic rings. The van der Waals surface area contributed by atoms with Crippen molar-refractivity contribution in [3.8, 4) is 0 Å². The molecule has 0 aromatic carbocycles. The zero-order chi connectivity index (χ0) is 12.4. The first-order chi connectivity index (χ1) is 8.13. The predicted octanol–water partition coefficient (Wildman–Crippen LogP) is 1.12. The van der Waals surface area contributed by atoms with Crippen LogP contribution in [0.3, 0.4) is 0 Å². The number of imidazole rings is 1. The molecule has 0 fully saturated rings. The molecule has 2 aromatic rings. The Bertz CT molecular complexity index is 520. The Morgan fingerprint density at radius 3 is 2.82 bits per heavy atom. The largest absolute Gasteiger partial charge is 0.395 e. The minimum absolute atomic E-state index is 0.0594. The van der Waals surface area contributed by atoms with Crippen LogP contribution in [0.4, 0.5) is 5.95 Å². The van der Waals surface area contributed by atoms with E-state index in [9.17, 15) is 0 Å². The topological polar surface area (TPSA) is 75.9 Å². The third-order valence-electron chi connectivity index (χ3n) is 2.55. The Kier molecular flexibility index (Phi) is 3.23. The Labute approximate surface area is 99.7 Å². The molecule has 17 heavy (non-hydrogen) atoms. The highest BCUT2D eigenvalue weighted by atomic mass is 16.3. The minimum Gasteiger partial charge on any atom is -0.395 e. The molecule has 92 valence electrons. The summed E-state index contributed by atoms with van der Waals surface area (Å²) in [6.45, 7) is 6.58. The van der Waals surface area contributed by atoms with Crippen molar-refractivity contribution < 1.29 is 5.11 Å². The molecule has 0 saturated carbocycles. The molecule has 6 nitrogen and oxygen atoms in total. The molecule has 2 rings (SSSR count). The molecule has 0 saturated heterocycles. The van der Waals surface area contributed by atoms with Gasteiger partial charge in [0, 0.05) is 12.6 Å². The molecular formula is C11H17N5O. The lowest BCUT2D eigenvalue weighted by atomic mass is 10.3. The summed E-state index contributed by atoms with van der Waals surface area (Å²) < 4.78 is 2.01. The van der Waals surface area contributed by atoms with E-state index in [1.54, 1.807) is 6.33 Å². The molecule has 0 unspecified atom stereocenters. The number of aryl methyl sites for hydroxylation is 1. The highest BCUT2D eigenvalue weighted by molar-refractivity contribution is 5.74. The fourth-order valence-electron chi connectivity index (χ4n) is 1.68. The average molecular weight is 235 g/mol. The van der Waals surface area contributed by atoms with Crippen molar-refractivity contribution >= 4 is 17.1 Å². The first-order valence-corrected chi connectivity index (χ1v) is 5.69. The predicted molar refractivity (Wildman–Crippen MR) is 66.0 cm³/mol. The summed E-state index contributed by atoms with van der Waals surface area (Å²) in [5, 5.41) is 11.7. The number of nitrogens with one attached hydrogen (secondary N) is 1. The third-order valence-corrected chi connectivity index (χ3v) is 2.55. The van der Waals surface area contributed by atoms with Crippen molar-refractivity contribution in [2.45, 2.75) is 26.8 Å². The van der Waals surface area contributed by atoms with Gasteiger partial charge in [0.05, 0.1) is 18.6 Å². The fourth-order valence-corrected chi connectivity index (χ4v) is 1.68. The maximum absolute atomic E-state index is 8.78. The zero-order valence-corrected chi connectivity index (χ0v) is 10.3. The van der Waals surface area contributed by atoms with E-state index in [1.165, 1.54) is 0 Å². The zero-order valence-electron chi connectivity index (χ0n) is 10.3. The molecule has 0 radical (unpaired) electrons. The number of hydrogen-bond donors (Lipinski definition) is 2. The van der Waals surface area contributed by atoms with E-state index >= 15 is 0 Å². The van der Waals surface area contributed by atoms with Crippen LogP contribution in [0.2, 0.25) is 0 Å². The number of anilines is 1. The van der Waals surface area contributed by atoms with Gasteiger partial charge < -0.3 is 15.0 Å². The second-order valence-electron chi connectivity index (χ2n) is 4.20. The summed E-state index contributed by atoms with van der Waals surface area (Å²) in [5.74, 6) is 0.534. The smallest absolute Gasteiger partial charge is 0.225 e. The van der Waals surface area contributed by atoms with Gasteiger partial charge in [-0.1, -0.05) is 0 Å². The average Bonchev–Trinajstić information content (AvgIpc) is 2.70. The van der Waals surface area contributed by atoms with Crippen molar-refractivity contribution in [1.82, 2.24) is 19.5 Å². The molecule has 0 spiro atoms. The van der Waals surface area contributed by atoms with Gasteiger partial charge >= 0.3 is 0 Å². The van der Waals surface area contributed by atoms with Gasteiger partial charge in [-0.15, -0.1) is 0 Å². The van der Waals surface area contributed by atoms with Crippen LogP contribution in [0.1, 0.15) is 25.6 Å². The Morgan fingerprint density at radius 1 is 1.41 bits per heavy atom. The van der Waals surface area contributed by atoms with Crippen molar-refractivity contribution in [3.63, 3.8) is 0 Å². The van der Waals surface area contributed by atoms with E-state index < -0.39 is 0 Å². The first-order valence-electron chi connectivity index (χ1n) is 5.69. The summed E-state index contributed by atoms with van der Waals surface area (Å²) in [6.07, 6.45) is 1.78. The quantitative estimate of drug-likeness (QED) is 0.830. The van der Waals surface area contributed by atoms with Crippen LogP contribution in [-0.2, 0) is 0 Å². The summed E-state index contributed by atoms with van der Waals surface area (Å²) in [4.78, 5) is 13.0. The van der Waals surface area contributed by atoms with Crippen LogP contribution in [0, 0.1) is 6.92 Å². The summed E-state index contributed by atoms with van der Waals surface area (Å²) in [6, 6.07) is 0.306. The highest BCUT2D eigenvalue weighted by Crippen LogP contribution is 2.18. The number of nitrogens with zero attached hydrogens (tertiary/aromatic N) is 4. The fraction of sp³-hybridized carbons (Fsp3) is 0.545. The molecule has 6 heteroatoms. The van der Waals surface area contributed by atoms with Crippen LogP contribution in [-0.4, -0.2) is 37.8 Å². The minimum atomic E-state index is 0.0594. The number of hydrogen-bond acceptors (Lipinski definition) is 5. The standard InChI is InChI=1S/C11H17N5O/c1-7(2)16-6-13-9-8(3)14-11(12-4-5-17)15-10(9)16/h6-7,17H,4-5H2,1-3H3,(H,12,14,15). The lowest BCUT2D eigenvalue weighted by Gasteiger charge is -2.09. The molecule has 0 aliphatic carbocycles. The summed E-state index contributed by atoms with van der Waals surface area (Å²) in [5.41, 5.74) is 2.50. The normalized spacial score (nSPS) is 11.4. The van der Waals surface area contributed by atoms with Crippen molar-refractivity contribution in [3.05, 3.63) is 12.0 Å². The maximum atomic E-state index is 8.78. The molecule has 0 bridgehead atoms. The third kappa shape index (κ3) is 2.21. The number of aromatic nitrogens is 4. The summed E-state index contributed by atoms with van der Waals surface area (Å²) in [7, 11) is 0. The molecule has 0 amide bonds. The number of fused-ring (bicyclic) bond motifs is 1. The number of rotatable bonds is 4. The lowest BCUT2D eigenvalue weighted by molar-refractivity contribution is 0.311. The lowest BCUT2D eigenvalue weighted by Crippen LogP contribution is -2.10. The Balaban J connectivity index is 2.49. The molecule has 2 aromatic heterocycles. The molecule has 0 atom stereocenters. The van der Waals surface area contributed by atoms with E-state index in [1.807, 2.05) is 11.5 Å².